The highest BCUT2D eigenvalue weighted by molar-refractivity contribution is 9.10. The zero-order valence-electron chi connectivity index (χ0n) is 15.4. The van der Waals surface area contributed by atoms with Gasteiger partial charge in [-0.05, 0) is 54.1 Å². The molecule has 0 N–H and O–H groups in total. The number of carbonyl (C=O) groups is 2. The van der Waals surface area contributed by atoms with E-state index in [-0.39, 0.29) is 5.91 Å². The van der Waals surface area contributed by atoms with Crippen molar-refractivity contribution in [1.82, 2.24) is 0 Å². The Morgan fingerprint density at radius 2 is 1.73 bits per heavy atom. The molecular weight excluding hydrogens is 482 g/mol. The summed E-state index contributed by atoms with van der Waals surface area (Å²) in [6, 6.07) is 23.3. The number of thiocarbonyl (C=S) groups is 1. The smallest absolute Gasteiger partial charge is 0.343 e. The molecule has 1 amide bonds. The summed E-state index contributed by atoms with van der Waals surface area (Å²) in [6.45, 7) is 0. The van der Waals surface area contributed by atoms with E-state index in [1.165, 1.54) is 16.7 Å². The lowest BCUT2D eigenvalue weighted by Gasteiger charge is -2.13. The van der Waals surface area contributed by atoms with Gasteiger partial charge in [0.2, 0.25) is 0 Å². The van der Waals surface area contributed by atoms with Gasteiger partial charge in [-0.1, -0.05) is 76.3 Å². The van der Waals surface area contributed by atoms with Gasteiger partial charge in [0, 0.05) is 4.47 Å². The number of amides is 1. The number of anilines is 1. The van der Waals surface area contributed by atoms with Crippen LogP contribution in [0.1, 0.15) is 15.9 Å². The molecule has 1 aliphatic heterocycles. The first kappa shape index (κ1) is 20.5. The predicted molar refractivity (Wildman–Crippen MR) is 128 cm³/mol. The van der Waals surface area contributed by atoms with E-state index in [0.29, 0.717) is 20.5 Å². The Bertz CT molecular complexity index is 1160. The lowest BCUT2D eigenvalue weighted by Crippen LogP contribution is -2.27. The van der Waals surface area contributed by atoms with Gasteiger partial charge in [0.1, 0.15) is 5.75 Å². The first-order chi connectivity index (χ1) is 14.5. The number of para-hydroxylation sites is 1. The molecule has 0 atom stereocenters. The van der Waals surface area contributed by atoms with Crippen LogP contribution in [0.25, 0.3) is 6.08 Å². The van der Waals surface area contributed by atoms with Crippen LogP contribution in [-0.2, 0) is 4.79 Å². The molecule has 0 spiro atoms. The molecule has 0 saturated carbocycles. The summed E-state index contributed by atoms with van der Waals surface area (Å²) in [6.07, 6.45) is 1.78. The third-order valence-corrected chi connectivity index (χ3v) is 6.05. The standard InChI is InChI=1S/C23H14BrNO3S2/c24-17-6-4-5-16(14-17)22(27)28-19-11-9-15(10-12-19)13-20-21(26)25(23(29)30-20)18-7-2-1-3-8-18/h1-14H/b20-13+. The second kappa shape index (κ2) is 8.95. The van der Waals surface area contributed by atoms with E-state index in [1.54, 1.807) is 48.5 Å². The molecule has 0 aromatic heterocycles. The van der Waals surface area contributed by atoms with Gasteiger partial charge in [-0.25, -0.2) is 4.79 Å². The maximum Gasteiger partial charge on any atom is 0.343 e. The molecule has 30 heavy (non-hydrogen) atoms. The van der Waals surface area contributed by atoms with Crippen LogP contribution in [-0.4, -0.2) is 16.2 Å². The monoisotopic (exact) mass is 495 g/mol. The average molecular weight is 496 g/mol. The fourth-order valence-electron chi connectivity index (χ4n) is 2.83. The summed E-state index contributed by atoms with van der Waals surface area (Å²) in [5.41, 5.74) is 2.02. The van der Waals surface area contributed by atoms with Crippen LogP contribution in [0.5, 0.6) is 5.75 Å². The fourth-order valence-corrected chi connectivity index (χ4v) is 4.53. The third-order valence-electron chi connectivity index (χ3n) is 4.26. The quantitative estimate of drug-likeness (QED) is 0.190. The summed E-state index contributed by atoms with van der Waals surface area (Å²) in [4.78, 5) is 27.1. The molecule has 1 fully saturated rings. The number of hydrogen-bond donors (Lipinski definition) is 0. The van der Waals surface area contributed by atoms with Crippen LogP contribution in [0.2, 0.25) is 0 Å². The number of carbonyl (C=O) groups excluding carboxylic acids is 2. The number of esters is 1. The molecule has 0 radical (unpaired) electrons. The van der Waals surface area contributed by atoms with Gasteiger partial charge in [-0.2, -0.15) is 0 Å². The van der Waals surface area contributed by atoms with E-state index in [4.69, 9.17) is 17.0 Å². The number of ether oxygens (including phenoxy) is 1. The maximum atomic E-state index is 12.8. The van der Waals surface area contributed by atoms with Crippen molar-refractivity contribution in [3.8, 4) is 5.75 Å². The van der Waals surface area contributed by atoms with E-state index in [9.17, 15) is 9.59 Å². The molecule has 148 valence electrons. The van der Waals surface area contributed by atoms with Crippen LogP contribution in [0.15, 0.2) is 88.2 Å². The van der Waals surface area contributed by atoms with Gasteiger partial charge in [-0.3, -0.25) is 9.69 Å². The molecule has 1 aliphatic rings. The highest BCUT2D eigenvalue weighted by Crippen LogP contribution is 2.36. The summed E-state index contributed by atoms with van der Waals surface area (Å²) in [7, 11) is 0. The molecule has 4 rings (SSSR count). The average Bonchev–Trinajstić information content (AvgIpc) is 3.03. The predicted octanol–water partition coefficient (Wildman–Crippen LogP) is 6.07. The molecule has 3 aromatic carbocycles. The third kappa shape index (κ3) is 4.53. The van der Waals surface area contributed by atoms with Crippen LogP contribution in [0, 0.1) is 0 Å². The van der Waals surface area contributed by atoms with Gasteiger partial charge in [0.05, 0.1) is 16.2 Å². The minimum absolute atomic E-state index is 0.152. The van der Waals surface area contributed by atoms with Crippen molar-refractivity contribution in [2.75, 3.05) is 4.90 Å². The van der Waals surface area contributed by atoms with Crippen LogP contribution in [0.3, 0.4) is 0 Å². The van der Waals surface area contributed by atoms with Crippen LogP contribution in [0.4, 0.5) is 5.69 Å². The minimum Gasteiger partial charge on any atom is -0.423 e. The first-order valence-corrected chi connectivity index (χ1v) is 10.9. The topological polar surface area (TPSA) is 46.6 Å². The highest BCUT2D eigenvalue weighted by atomic mass is 79.9. The summed E-state index contributed by atoms with van der Waals surface area (Å²) in [5, 5.41) is 0. The molecule has 0 unspecified atom stereocenters. The Kier molecular flexibility index (Phi) is 6.13. The molecule has 0 aliphatic carbocycles. The first-order valence-electron chi connectivity index (χ1n) is 8.92. The van der Waals surface area contributed by atoms with E-state index in [0.717, 1.165) is 15.7 Å². The summed E-state index contributed by atoms with van der Waals surface area (Å²) < 4.78 is 6.71. The normalized spacial score (nSPS) is 15.0. The Morgan fingerprint density at radius 3 is 2.43 bits per heavy atom. The molecule has 3 aromatic rings. The van der Waals surface area contributed by atoms with Crippen molar-refractivity contribution >= 4 is 67.9 Å². The number of benzene rings is 3. The summed E-state index contributed by atoms with van der Waals surface area (Å²) >= 11 is 9.99. The molecule has 7 heteroatoms. The maximum absolute atomic E-state index is 12.8. The van der Waals surface area contributed by atoms with Crippen LogP contribution >= 0.6 is 39.9 Å². The number of rotatable bonds is 4. The highest BCUT2D eigenvalue weighted by Gasteiger charge is 2.33. The van der Waals surface area contributed by atoms with Crippen molar-refractivity contribution in [3.63, 3.8) is 0 Å². The SMILES string of the molecule is O=C(Oc1ccc(/C=C2/SC(=S)N(c3ccccc3)C2=O)cc1)c1cccc(Br)c1. The molecule has 0 bridgehead atoms. The van der Waals surface area contributed by atoms with Gasteiger partial charge >= 0.3 is 5.97 Å². The van der Waals surface area contributed by atoms with E-state index in [2.05, 4.69) is 15.9 Å². The summed E-state index contributed by atoms with van der Waals surface area (Å²) in [5.74, 6) is -0.164. The second-order valence-corrected chi connectivity index (χ2v) is 8.91. The van der Waals surface area contributed by atoms with E-state index in [1.807, 2.05) is 36.4 Å². The van der Waals surface area contributed by atoms with Gasteiger partial charge in [-0.15, -0.1) is 0 Å². The Morgan fingerprint density at radius 1 is 1.00 bits per heavy atom. The number of hydrogen-bond acceptors (Lipinski definition) is 5. The fraction of sp³-hybridized carbons (Fsp3) is 0. The molecule has 1 saturated heterocycles. The van der Waals surface area contributed by atoms with E-state index < -0.39 is 5.97 Å². The Hall–Kier alpha value is -2.74. The van der Waals surface area contributed by atoms with Crippen LogP contribution < -0.4 is 9.64 Å². The Labute approximate surface area is 191 Å². The second-order valence-electron chi connectivity index (χ2n) is 6.32. The zero-order chi connectivity index (χ0) is 21.1. The number of thioether (sulfide) groups is 1. The van der Waals surface area contributed by atoms with Crippen molar-refractivity contribution in [2.45, 2.75) is 0 Å². The molecule has 1 heterocycles. The number of nitrogens with zero attached hydrogens (tertiary/aromatic N) is 1. The number of halogens is 1. The zero-order valence-corrected chi connectivity index (χ0v) is 18.7. The van der Waals surface area contributed by atoms with Gasteiger partial charge in [0.25, 0.3) is 5.91 Å². The molecular formula is C23H14BrNO3S2. The largest absolute Gasteiger partial charge is 0.423 e. The lowest BCUT2D eigenvalue weighted by molar-refractivity contribution is -0.113. The van der Waals surface area contributed by atoms with Gasteiger partial charge < -0.3 is 4.74 Å². The molecule has 4 nitrogen and oxygen atoms in total. The minimum atomic E-state index is -0.437. The van der Waals surface area contributed by atoms with Gasteiger partial charge in [0.15, 0.2) is 4.32 Å². The van der Waals surface area contributed by atoms with Crippen molar-refractivity contribution in [1.29, 1.82) is 0 Å². The lowest BCUT2D eigenvalue weighted by atomic mass is 10.2. The van der Waals surface area contributed by atoms with Crippen molar-refractivity contribution in [2.24, 2.45) is 0 Å². The Balaban J connectivity index is 1.48. The van der Waals surface area contributed by atoms with Crippen molar-refractivity contribution in [3.05, 3.63) is 99.4 Å². The van der Waals surface area contributed by atoms with Crippen molar-refractivity contribution < 1.29 is 14.3 Å². The van der Waals surface area contributed by atoms with E-state index >= 15 is 0 Å².